The number of urea groups is 1. The van der Waals surface area contributed by atoms with E-state index in [2.05, 4.69) is 11.4 Å². The molecule has 6 nitrogen and oxygen atoms in total. The van der Waals surface area contributed by atoms with Crippen molar-refractivity contribution in [3.8, 4) is 6.07 Å². The Morgan fingerprint density at radius 1 is 1.39 bits per heavy atom. The summed E-state index contributed by atoms with van der Waals surface area (Å²) in [6, 6.07) is 9.12. The summed E-state index contributed by atoms with van der Waals surface area (Å²) in [5.74, 6) is 0.217. The molecule has 0 unspecified atom stereocenters. The van der Waals surface area contributed by atoms with E-state index >= 15 is 0 Å². The number of benzene rings is 1. The highest BCUT2D eigenvalue weighted by atomic mass is 16.2. The maximum absolute atomic E-state index is 12.0. The molecule has 0 aliphatic carbocycles. The van der Waals surface area contributed by atoms with Crippen molar-refractivity contribution in [1.29, 1.82) is 5.26 Å². The average molecular weight is 314 g/mol. The molecule has 1 fully saturated rings. The summed E-state index contributed by atoms with van der Waals surface area (Å²) in [5, 5.41) is 11.6. The molecule has 23 heavy (non-hydrogen) atoms. The minimum absolute atomic E-state index is 0.137. The van der Waals surface area contributed by atoms with Crippen molar-refractivity contribution < 1.29 is 9.59 Å². The van der Waals surface area contributed by atoms with Crippen molar-refractivity contribution in [2.45, 2.75) is 25.8 Å². The van der Waals surface area contributed by atoms with E-state index in [0.29, 0.717) is 31.6 Å². The smallest absolute Gasteiger partial charge is 0.317 e. The molecule has 122 valence electrons. The largest absolute Gasteiger partial charge is 0.343 e. The average Bonchev–Trinajstić information content (AvgIpc) is 2.97. The van der Waals surface area contributed by atoms with Gasteiger partial charge < -0.3 is 15.1 Å². The third-order valence-corrected chi connectivity index (χ3v) is 3.90. The van der Waals surface area contributed by atoms with Crippen LogP contribution in [0.25, 0.3) is 0 Å². The van der Waals surface area contributed by atoms with Crippen LogP contribution in [-0.2, 0) is 11.3 Å². The van der Waals surface area contributed by atoms with Crippen LogP contribution in [0.1, 0.15) is 30.4 Å². The fraction of sp³-hybridized carbons (Fsp3) is 0.471. The van der Waals surface area contributed by atoms with Crippen molar-refractivity contribution in [3.05, 3.63) is 35.4 Å². The molecule has 1 N–H and O–H groups in total. The predicted molar refractivity (Wildman–Crippen MR) is 86.5 cm³/mol. The molecule has 1 aliphatic rings. The minimum atomic E-state index is -0.137. The summed E-state index contributed by atoms with van der Waals surface area (Å²) in [6.07, 6.45) is 2.36. The lowest BCUT2D eigenvalue weighted by Gasteiger charge is -2.19. The quantitative estimate of drug-likeness (QED) is 0.812. The second-order valence-corrected chi connectivity index (χ2v) is 5.73. The van der Waals surface area contributed by atoms with Crippen molar-refractivity contribution in [3.63, 3.8) is 0 Å². The zero-order valence-corrected chi connectivity index (χ0v) is 13.4. The van der Waals surface area contributed by atoms with E-state index < -0.39 is 0 Å². The van der Waals surface area contributed by atoms with Crippen molar-refractivity contribution in [1.82, 2.24) is 15.1 Å². The highest BCUT2D eigenvalue weighted by Gasteiger charge is 2.19. The number of likely N-dealkylation sites (tertiary alicyclic amines) is 1. The monoisotopic (exact) mass is 314 g/mol. The molecule has 0 atom stereocenters. The van der Waals surface area contributed by atoms with Gasteiger partial charge in [0.05, 0.1) is 11.6 Å². The summed E-state index contributed by atoms with van der Waals surface area (Å²) in [7, 11) is 1.73. The molecular weight excluding hydrogens is 292 g/mol. The van der Waals surface area contributed by atoms with Crippen LogP contribution < -0.4 is 5.32 Å². The van der Waals surface area contributed by atoms with E-state index in [1.807, 2.05) is 17.0 Å². The first-order chi connectivity index (χ1) is 11.1. The second-order valence-electron chi connectivity index (χ2n) is 5.73. The van der Waals surface area contributed by atoms with Gasteiger partial charge in [-0.3, -0.25) is 4.79 Å². The van der Waals surface area contributed by atoms with Gasteiger partial charge in [0.1, 0.15) is 0 Å². The lowest BCUT2D eigenvalue weighted by Crippen LogP contribution is -2.38. The number of rotatable bonds is 6. The van der Waals surface area contributed by atoms with Gasteiger partial charge in [-0.1, -0.05) is 12.1 Å². The molecule has 6 heteroatoms. The second kappa shape index (κ2) is 8.18. The number of amides is 3. The molecule has 2 rings (SSSR count). The van der Waals surface area contributed by atoms with Gasteiger partial charge in [-0.25, -0.2) is 4.79 Å². The number of carbonyl (C=O) groups excluding carboxylic acids is 2. The van der Waals surface area contributed by atoms with Crippen LogP contribution in [0, 0.1) is 11.3 Å². The zero-order valence-electron chi connectivity index (χ0n) is 13.4. The topological polar surface area (TPSA) is 76.4 Å². The Hall–Kier alpha value is -2.55. The van der Waals surface area contributed by atoms with Gasteiger partial charge in [0.15, 0.2) is 0 Å². The third kappa shape index (κ3) is 4.99. The van der Waals surface area contributed by atoms with Crippen LogP contribution in [0.2, 0.25) is 0 Å². The normalized spacial score (nSPS) is 13.7. The zero-order chi connectivity index (χ0) is 16.7. The van der Waals surface area contributed by atoms with Gasteiger partial charge in [0.25, 0.3) is 0 Å². The van der Waals surface area contributed by atoms with Gasteiger partial charge in [-0.05, 0) is 30.5 Å². The maximum Gasteiger partial charge on any atom is 0.317 e. The highest BCUT2D eigenvalue weighted by molar-refractivity contribution is 5.78. The third-order valence-electron chi connectivity index (χ3n) is 3.90. The molecule has 1 aromatic rings. The first-order valence-electron chi connectivity index (χ1n) is 7.86. The van der Waals surface area contributed by atoms with E-state index in [1.165, 1.54) is 0 Å². The predicted octanol–water partition coefficient (Wildman–Crippen LogP) is 1.71. The summed E-state index contributed by atoms with van der Waals surface area (Å²) in [5.41, 5.74) is 1.58. The first kappa shape index (κ1) is 16.8. The number of nitrogens with one attached hydrogen (secondary N) is 1. The number of nitriles is 1. The van der Waals surface area contributed by atoms with Crippen LogP contribution in [0.4, 0.5) is 4.79 Å². The molecule has 1 aromatic carbocycles. The first-order valence-corrected chi connectivity index (χ1v) is 7.86. The fourth-order valence-corrected chi connectivity index (χ4v) is 2.57. The van der Waals surface area contributed by atoms with Crippen molar-refractivity contribution in [2.24, 2.45) is 0 Å². The summed E-state index contributed by atoms with van der Waals surface area (Å²) >= 11 is 0. The van der Waals surface area contributed by atoms with E-state index in [-0.39, 0.29) is 11.9 Å². The van der Waals surface area contributed by atoms with Gasteiger partial charge in [-0.15, -0.1) is 0 Å². The lowest BCUT2D eigenvalue weighted by atomic mass is 10.1. The highest BCUT2D eigenvalue weighted by Crippen LogP contribution is 2.09. The summed E-state index contributed by atoms with van der Waals surface area (Å²) < 4.78 is 0. The van der Waals surface area contributed by atoms with Crippen molar-refractivity contribution >= 4 is 11.9 Å². The van der Waals surface area contributed by atoms with E-state index in [4.69, 9.17) is 5.26 Å². The van der Waals surface area contributed by atoms with Crippen LogP contribution in [0.5, 0.6) is 0 Å². The molecule has 3 amide bonds. The van der Waals surface area contributed by atoms with Gasteiger partial charge >= 0.3 is 6.03 Å². The standard InChI is InChI=1S/C17H22N4O2/c1-20(13-15-7-5-14(12-18)6-8-15)17(23)19-9-3-11-21-10-2-4-16(21)22/h5-8H,2-4,9-11,13H2,1H3,(H,19,23). The SMILES string of the molecule is CN(Cc1ccc(C#N)cc1)C(=O)NCCCN1CCCC1=O. The number of hydrogen-bond donors (Lipinski definition) is 1. The molecule has 0 saturated carbocycles. The van der Waals surface area contributed by atoms with Gasteiger partial charge in [0.2, 0.25) is 5.91 Å². The maximum atomic E-state index is 12.0. The van der Waals surface area contributed by atoms with Crippen LogP contribution >= 0.6 is 0 Å². The van der Waals surface area contributed by atoms with Crippen LogP contribution in [-0.4, -0.2) is 48.4 Å². The van der Waals surface area contributed by atoms with Crippen LogP contribution in [0.3, 0.4) is 0 Å². The molecule has 0 radical (unpaired) electrons. The number of nitrogens with zero attached hydrogens (tertiary/aromatic N) is 3. The molecule has 1 heterocycles. The molecule has 0 aromatic heterocycles. The van der Waals surface area contributed by atoms with E-state index in [9.17, 15) is 9.59 Å². The van der Waals surface area contributed by atoms with E-state index in [1.54, 1.807) is 24.1 Å². The summed E-state index contributed by atoms with van der Waals surface area (Å²) in [4.78, 5) is 26.9. The molecule has 0 bridgehead atoms. The Balaban J connectivity index is 1.68. The van der Waals surface area contributed by atoms with Crippen LogP contribution in [0.15, 0.2) is 24.3 Å². The lowest BCUT2D eigenvalue weighted by molar-refractivity contribution is -0.127. The number of hydrogen-bond acceptors (Lipinski definition) is 3. The molecule has 1 aliphatic heterocycles. The Morgan fingerprint density at radius 3 is 2.74 bits per heavy atom. The Morgan fingerprint density at radius 2 is 2.13 bits per heavy atom. The molecular formula is C17H22N4O2. The minimum Gasteiger partial charge on any atom is -0.343 e. The van der Waals surface area contributed by atoms with Gasteiger partial charge in [0, 0.05) is 39.6 Å². The molecule has 0 spiro atoms. The Kier molecular flexibility index (Phi) is 5.98. The van der Waals surface area contributed by atoms with Crippen molar-refractivity contribution in [2.75, 3.05) is 26.7 Å². The Labute approximate surface area is 136 Å². The summed E-state index contributed by atoms with van der Waals surface area (Å²) in [6.45, 7) is 2.59. The van der Waals surface area contributed by atoms with E-state index in [0.717, 1.165) is 24.9 Å². The van der Waals surface area contributed by atoms with Gasteiger partial charge in [-0.2, -0.15) is 5.26 Å². The Bertz CT molecular complexity index is 592. The number of carbonyl (C=O) groups is 2. The fourth-order valence-electron chi connectivity index (χ4n) is 2.57. The molecule has 1 saturated heterocycles.